The molecule has 0 aliphatic carbocycles. The lowest BCUT2D eigenvalue weighted by Gasteiger charge is -2.30. The fourth-order valence-corrected chi connectivity index (χ4v) is 5.08. The highest BCUT2D eigenvalue weighted by Crippen LogP contribution is 2.34. The molecule has 0 radical (unpaired) electrons. The van der Waals surface area contributed by atoms with E-state index < -0.39 is 22.2 Å². The Bertz CT molecular complexity index is 1110. The summed E-state index contributed by atoms with van der Waals surface area (Å²) in [5, 5.41) is 11.6. The van der Waals surface area contributed by atoms with Crippen LogP contribution in [0.2, 0.25) is 10.0 Å². The molecular weight excluding hydrogens is 409 g/mol. The van der Waals surface area contributed by atoms with E-state index in [2.05, 4.69) is 4.72 Å². The van der Waals surface area contributed by atoms with E-state index in [1.807, 2.05) is 0 Å². The van der Waals surface area contributed by atoms with Gasteiger partial charge in [0.15, 0.2) is 0 Å². The van der Waals surface area contributed by atoms with E-state index in [9.17, 15) is 13.5 Å². The van der Waals surface area contributed by atoms with Crippen LogP contribution in [0.25, 0.3) is 11.3 Å². The van der Waals surface area contributed by atoms with Gasteiger partial charge in [-0.15, -0.1) is 0 Å². The summed E-state index contributed by atoms with van der Waals surface area (Å²) < 4.78 is 33.2. The van der Waals surface area contributed by atoms with E-state index in [1.54, 1.807) is 48.5 Å². The molecule has 140 valence electrons. The van der Waals surface area contributed by atoms with E-state index in [1.165, 1.54) is 6.07 Å². The predicted octanol–water partition coefficient (Wildman–Crippen LogP) is 4.19. The van der Waals surface area contributed by atoms with Crippen molar-refractivity contribution >= 4 is 33.2 Å². The third-order valence-electron chi connectivity index (χ3n) is 4.49. The fourth-order valence-electron chi connectivity index (χ4n) is 3.20. The number of hydrogen-bond acceptors (Lipinski definition) is 4. The highest BCUT2D eigenvalue weighted by atomic mass is 35.5. The molecule has 3 aromatic rings. The highest BCUT2D eigenvalue weighted by Gasteiger charge is 2.36. The van der Waals surface area contributed by atoms with Gasteiger partial charge in [-0.1, -0.05) is 41.4 Å². The van der Waals surface area contributed by atoms with Crippen molar-refractivity contribution in [3.05, 3.63) is 76.0 Å². The van der Waals surface area contributed by atoms with E-state index in [4.69, 9.17) is 27.6 Å². The first-order valence-electron chi connectivity index (χ1n) is 8.18. The average molecular weight is 424 g/mol. The Morgan fingerprint density at radius 2 is 1.85 bits per heavy atom. The maximum atomic E-state index is 12.4. The smallest absolute Gasteiger partial charge is 0.241 e. The van der Waals surface area contributed by atoms with Gasteiger partial charge in [0, 0.05) is 22.6 Å². The lowest BCUT2D eigenvalue weighted by atomic mass is 9.99. The maximum absolute atomic E-state index is 12.4. The molecule has 0 fully saturated rings. The predicted molar refractivity (Wildman–Crippen MR) is 103 cm³/mol. The number of halogens is 2. The molecule has 4 rings (SSSR count). The molecule has 2 aromatic carbocycles. The van der Waals surface area contributed by atoms with E-state index in [0.717, 1.165) is 0 Å². The van der Waals surface area contributed by atoms with E-state index in [-0.39, 0.29) is 11.3 Å². The van der Waals surface area contributed by atoms with Gasteiger partial charge < -0.3 is 9.52 Å². The Morgan fingerprint density at radius 3 is 2.67 bits per heavy atom. The lowest BCUT2D eigenvalue weighted by molar-refractivity contribution is 0.129. The number of aliphatic hydroxyl groups is 1. The van der Waals surface area contributed by atoms with Crippen molar-refractivity contribution in [1.29, 1.82) is 0 Å². The van der Waals surface area contributed by atoms with Crippen molar-refractivity contribution in [2.24, 2.45) is 0 Å². The summed E-state index contributed by atoms with van der Waals surface area (Å²) in [6, 6.07) is 14.2. The van der Waals surface area contributed by atoms with Crippen LogP contribution in [0, 0.1) is 0 Å². The minimum Gasteiger partial charge on any atom is -0.461 e. The first-order chi connectivity index (χ1) is 12.8. The number of fused-ring (bicyclic) bond motifs is 1. The Morgan fingerprint density at radius 1 is 1.07 bits per heavy atom. The van der Waals surface area contributed by atoms with Gasteiger partial charge in [-0.25, -0.2) is 13.1 Å². The summed E-state index contributed by atoms with van der Waals surface area (Å²) in [4.78, 5) is 0.0968. The monoisotopic (exact) mass is 423 g/mol. The first-order valence-corrected chi connectivity index (χ1v) is 10.4. The molecule has 5 nitrogen and oxygen atoms in total. The van der Waals surface area contributed by atoms with Gasteiger partial charge in [-0.3, -0.25) is 0 Å². The van der Waals surface area contributed by atoms with Crippen LogP contribution in [-0.2, 0) is 16.4 Å². The van der Waals surface area contributed by atoms with Crippen molar-refractivity contribution in [3.8, 4) is 11.3 Å². The molecule has 2 N–H and O–H groups in total. The van der Waals surface area contributed by atoms with Gasteiger partial charge in [-0.2, -0.15) is 0 Å². The van der Waals surface area contributed by atoms with Crippen LogP contribution in [0.15, 0.2) is 63.9 Å². The van der Waals surface area contributed by atoms with Gasteiger partial charge in [0.2, 0.25) is 10.0 Å². The van der Waals surface area contributed by atoms with Crippen molar-refractivity contribution in [2.75, 3.05) is 0 Å². The first kappa shape index (κ1) is 18.5. The van der Waals surface area contributed by atoms with Gasteiger partial charge in [0.1, 0.15) is 11.5 Å². The van der Waals surface area contributed by atoms with Gasteiger partial charge >= 0.3 is 0 Å². The second-order valence-electron chi connectivity index (χ2n) is 6.30. The zero-order valence-corrected chi connectivity index (χ0v) is 16.2. The second kappa shape index (κ2) is 6.96. The standard InChI is InChI=1S/C19H15Cl2NO4S/c20-11-5-7-15(21)14(9-11)17-8-6-12(26-17)10-16-19(23)13-3-1-2-4-18(13)27(24,25)22-16/h1-9,16,19,22-23H,10H2/t16-,19+/m1/s1. The van der Waals surface area contributed by atoms with Crippen LogP contribution < -0.4 is 4.72 Å². The van der Waals surface area contributed by atoms with Gasteiger partial charge in [-0.05, 0) is 36.4 Å². The number of aliphatic hydroxyl groups excluding tert-OH is 1. The van der Waals surface area contributed by atoms with E-state index >= 15 is 0 Å². The van der Waals surface area contributed by atoms with Crippen molar-refractivity contribution in [2.45, 2.75) is 23.5 Å². The molecule has 0 bridgehead atoms. The third kappa shape index (κ3) is 3.51. The summed E-state index contributed by atoms with van der Waals surface area (Å²) >= 11 is 12.2. The number of benzene rings is 2. The SMILES string of the molecule is O=S1(=O)N[C@H](Cc2ccc(-c3cc(Cl)ccc3Cl)o2)[C@@H](O)c2ccccc21. The van der Waals surface area contributed by atoms with Crippen LogP contribution >= 0.6 is 23.2 Å². The molecule has 1 aromatic heterocycles. The van der Waals surface area contributed by atoms with Crippen LogP contribution in [0.5, 0.6) is 0 Å². The van der Waals surface area contributed by atoms with Crippen LogP contribution in [0.1, 0.15) is 17.4 Å². The average Bonchev–Trinajstić information content (AvgIpc) is 3.10. The topological polar surface area (TPSA) is 79.5 Å². The van der Waals surface area contributed by atoms with Crippen molar-refractivity contribution in [3.63, 3.8) is 0 Å². The zero-order chi connectivity index (χ0) is 19.2. The molecule has 2 atom stereocenters. The van der Waals surface area contributed by atoms with Gasteiger partial charge in [0.25, 0.3) is 0 Å². The molecule has 27 heavy (non-hydrogen) atoms. The number of nitrogens with one attached hydrogen (secondary N) is 1. The fraction of sp³-hybridized carbons (Fsp3) is 0.158. The summed E-state index contributed by atoms with van der Waals surface area (Å²) in [6.07, 6.45) is -0.791. The number of rotatable bonds is 3. The highest BCUT2D eigenvalue weighted by molar-refractivity contribution is 7.89. The number of furan rings is 1. The minimum atomic E-state index is -3.69. The summed E-state index contributed by atoms with van der Waals surface area (Å²) in [7, 11) is -3.69. The summed E-state index contributed by atoms with van der Waals surface area (Å²) in [5.74, 6) is 1.04. The molecule has 1 aliphatic heterocycles. The molecule has 8 heteroatoms. The third-order valence-corrected chi connectivity index (χ3v) is 6.62. The molecule has 0 amide bonds. The normalized spacial score (nSPS) is 21.0. The zero-order valence-electron chi connectivity index (χ0n) is 13.9. The molecule has 0 saturated heterocycles. The molecule has 2 heterocycles. The van der Waals surface area contributed by atoms with Crippen LogP contribution in [0.3, 0.4) is 0 Å². The molecule has 1 aliphatic rings. The van der Waals surface area contributed by atoms with Crippen molar-refractivity contribution in [1.82, 2.24) is 4.72 Å². The van der Waals surface area contributed by atoms with E-state index in [0.29, 0.717) is 32.7 Å². The Labute approximate surface area is 166 Å². The lowest BCUT2D eigenvalue weighted by Crippen LogP contribution is -2.45. The quantitative estimate of drug-likeness (QED) is 0.661. The summed E-state index contributed by atoms with van der Waals surface area (Å²) in [5.41, 5.74) is 1.02. The Balaban J connectivity index is 1.62. The number of sulfonamides is 1. The Kier molecular flexibility index (Phi) is 4.78. The Hall–Kier alpha value is -1.83. The number of hydrogen-bond donors (Lipinski definition) is 2. The largest absolute Gasteiger partial charge is 0.461 e. The molecular formula is C19H15Cl2NO4S. The molecule has 0 saturated carbocycles. The van der Waals surface area contributed by atoms with Crippen LogP contribution in [0.4, 0.5) is 0 Å². The van der Waals surface area contributed by atoms with Crippen LogP contribution in [-0.4, -0.2) is 19.6 Å². The molecule has 0 spiro atoms. The van der Waals surface area contributed by atoms with Crippen molar-refractivity contribution < 1.29 is 17.9 Å². The van der Waals surface area contributed by atoms with Gasteiger partial charge in [0.05, 0.1) is 22.1 Å². The minimum absolute atomic E-state index is 0.0968. The second-order valence-corrected chi connectivity index (χ2v) is 8.83. The maximum Gasteiger partial charge on any atom is 0.241 e. The molecule has 0 unspecified atom stereocenters. The summed E-state index contributed by atoms with van der Waals surface area (Å²) in [6.45, 7) is 0.